The van der Waals surface area contributed by atoms with Gasteiger partial charge in [-0.3, -0.25) is 9.69 Å². The Bertz CT molecular complexity index is 652. The summed E-state index contributed by atoms with van der Waals surface area (Å²) in [5.74, 6) is 0.165. The Kier molecular flexibility index (Phi) is 8.28. The van der Waals surface area contributed by atoms with Gasteiger partial charge in [-0.25, -0.2) is 0 Å². The smallest absolute Gasteiger partial charge is 0.237 e. The predicted octanol–water partition coefficient (Wildman–Crippen LogP) is 2.74. The van der Waals surface area contributed by atoms with E-state index < -0.39 is 0 Å². The molecule has 1 aromatic carbocycles. The van der Waals surface area contributed by atoms with Crippen molar-refractivity contribution in [2.24, 2.45) is 0 Å². The zero-order chi connectivity index (χ0) is 20.6. The van der Waals surface area contributed by atoms with Gasteiger partial charge in [-0.2, -0.15) is 0 Å². The second-order valence-electron chi connectivity index (χ2n) is 8.75. The number of benzene rings is 1. The molecule has 29 heavy (non-hydrogen) atoms. The molecule has 0 unspecified atom stereocenters. The molecule has 2 N–H and O–H groups in total. The lowest BCUT2D eigenvalue weighted by Crippen LogP contribution is -2.46. The molecule has 0 bridgehead atoms. The quantitative estimate of drug-likeness (QED) is 0.707. The SMILES string of the molecule is CCN1CCC(N[C@H]2C[C@@H](C(=O)NC(C)C)N(C/C=C/c3ccccc3)C2)CC1. The van der Waals surface area contributed by atoms with Gasteiger partial charge in [0.15, 0.2) is 0 Å². The first-order chi connectivity index (χ1) is 14.0. The second kappa shape index (κ2) is 10.9. The van der Waals surface area contributed by atoms with Crippen LogP contribution >= 0.6 is 0 Å². The van der Waals surface area contributed by atoms with Crippen LogP contribution in [0.3, 0.4) is 0 Å². The van der Waals surface area contributed by atoms with Crippen LogP contribution in [0, 0.1) is 0 Å². The number of carbonyl (C=O) groups is 1. The fraction of sp³-hybridized carbons (Fsp3) is 0.625. The summed E-state index contributed by atoms with van der Waals surface area (Å²) in [6, 6.07) is 11.5. The van der Waals surface area contributed by atoms with Gasteiger partial charge in [0, 0.05) is 31.2 Å². The molecule has 2 aliphatic rings. The molecule has 2 saturated heterocycles. The van der Waals surface area contributed by atoms with E-state index in [2.05, 4.69) is 63.8 Å². The molecule has 0 aliphatic carbocycles. The number of nitrogens with one attached hydrogen (secondary N) is 2. The van der Waals surface area contributed by atoms with Crippen molar-refractivity contribution in [3.05, 3.63) is 42.0 Å². The molecule has 5 heteroatoms. The summed E-state index contributed by atoms with van der Waals surface area (Å²) in [5, 5.41) is 6.99. The maximum absolute atomic E-state index is 12.8. The van der Waals surface area contributed by atoms with Gasteiger partial charge in [-0.1, -0.05) is 49.4 Å². The van der Waals surface area contributed by atoms with E-state index in [4.69, 9.17) is 0 Å². The molecule has 0 radical (unpaired) electrons. The molecule has 2 heterocycles. The highest BCUT2D eigenvalue weighted by molar-refractivity contribution is 5.82. The van der Waals surface area contributed by atoms with Gasteiger partial charge in [0.2, 0.25) is 5.91 Å². The average Bonchev–Trinajstić information content (AvgIpc) is 3.11. The standard InChI is InChI=1S/C24H38N4O/c1-4-27-15-12-21(13-16-27)26-22-17-23(24(29)25-19(2)3)28(18-22)14-8-11-20-9-6-5-7-10-20/h5-11,19,21-23,26H,4,12-18H2,1-3H3,(H,25,29)/b11-8+/t22-,23-/m0/s1. The van der Waals surface area contributed by atoms with E-state index in [0.717, 1.165) is 26.1 Å². The molecule has 0 spiro atoms. The molecule has 160 valence electrons. The van der Waals surface area contributed by atoms with E-state index in [-0.39, 0.29) is 18.0 Å². The van der Waals surface area contributed by atoms with Crippen LogP contribution in [-0.4, -0.2) is 72.6 Å². The molecule has 2 atom stereocenters. The summed E-state index contributed by atoms with van der Waals surface area (Å²) in [7, 11) is 0. The van der Waals surface area contributed by atoms with Crippen molar-refractivity contribution in [3.63, 3.8) is 0 Å². The van der Waals surface area contributed by atoms with Gasteiger partial charge in [-0.05, 0) is 58.3 Å². The lowest BCUT2D eigenvalue weighted by Gasteiger charge is -2.33. The monoisotopic (exact) mass is 398 g/mol. The summed E-state index contributed by atoms with van der Waals surface area (Å²) in [4.78, 5) is 17.7. The van der Waals surface area contributed by atoms with Crippen molar-refractivity contribution in [1.82, 2.24) is 20.4 Å². The Balaban J connectivity index is 1.58. The molecule has 3 rings (SSSR count). The summed E-state index contributed by atoms with van der Waals surface area (Å²) < 4.78 is 0. The van der Waals surface area contributed by atoms with Crippen molar-refractivity contribution < 1.29 is 4.79 Å². The molecule has 5 nitrogen and oxygen atoms in total. The molecular weight excluding hydrogens is 360 g/mol. The van der Waals surface area contributed by atoms with Gasteiger partial charge >= 0.3 is 0 Å². The topological polar surface area (TPSA) is 47.6 Å². The van der Waals surface area contributed by atoms with Gasteiger partial charge in [-0.15, -0.1) is 0 Å². The van der Waals surface area contributed by atoms with E-state index in [0.29, 0.717) is 12.1 Å². The lowest BCUT2D eigenvalue weighted by atomic mass is 10.0. The number of hydrogen-bond donors (Lipinski definition) is 2. The van der Waals surface area contributed by atoms with Crippen LogP contribution in [0.4, 0.5) is 0 Å². The van der Waals surface area contributed by atoms with Crippen LogP contribution in [0.15, 0.2) is 36.4 Å². The van der Waals surface area contributed by atoms with Crippen LogP contribution < -0.4 is 10.6 Å². The highest BCUT2D eigenvalue weighted by atomic mass is 16.2. The van der Waals surface area contributed by atoms with Gasteiger partial charge in [0.25, 0.3) is 0 Å². The first-order valence-electron chi connectivity index (χ1n) is 11.3. The van der Waals surface area contributed by atoms with Crippen LogP contribution in [0.5, 0.6) is 0 Å². The second-order valence-corrected chi connectivity index (χ2v) is 8.75. The Morgan fingerprint density at radius 1 is 1.17 bits per heavy atom. The zero-order valence-corrected chi connectivity index (χ0v) is 18.3. The highest BCUT2D eigenvalue weighted by Crippen LogP contribution is 2.21. The minimum atomic E-state index is -0.0499. The van der Waals surface area contributed by atoms with Gasteiger partial charge in [0.1, 0.15) is 0 Å². The number of rotatable bonds is 8. The average molecular weight is 399 g/mol. The van der Waals surface area contributed by atoms with Crippen LogP contribution in [-0.2, 0) is 4.79 Å². The Morgan fingerprint density at radius 3 is 2.55 bits per heavy atom. The Morgan fingerprint density at radius 2 is 1.90 bits per heavy atom. The molecule has 0 aromatic heterocycles. The Hall–Kier alpha value is -1.69. The zero-order valence-electron chi connectivity index (χ0n) is 18.3. The van der Waals surface area contributed by atoms with Crippen LogP contribution in [0.25, 0.3) is 6.08 Å². The van der Waals surface area contributed by atoms with Crippen molar-refractivity contribution in [3.8, 4) is 0 Å². The minimum absolute atomic E-state index is 0.0499. The highest BCUT2D eigenvalue weighted by Gasteiger charge is 2.37. The largest absolute Gasteiger partial charge is 0.353 e. The van der Waals surface area contributed by atoms with Crippen molar-refractivity contribution in [2.45, 2.75) is 64.2 Å². The first-order valence-corrected chi connectivity index (χ1v) is 11.3. The number of likely N-dealkylation sites (tertiary alicyclic amines) is 2. The van der Waals surface area contributed by atoms with Crippen molar-refractivity contribution >= 4 is 12.0 Å². The number of nitrogens with zero attached hydrogens (tertiary/aromatic N) is 2. The lowest BCUT2D eigenvalue weighted by molar-refractivity contribution is -0.125. The summed E-state index contributed by atoms with van der Waals surface area (Å²) in [6.07, 6.45) is 7.65. The molecule has 1 amide bonds. The van der Waals surface area contributed by atoms with E-state index in [9.17, 15) is 4.79 Å². The molecule has 1 aromatic rings. The predicted molar refractivity (Wildman–Crippen MR) is 121 cm³/mol. The van der Waals surface area contributed by atoms with Crippen molar-refractivity contribution in [1.29, 1.82) is 0 Å². The first kappa shape index (κ1) is 22.0. The summed E-state index contributed by atoms with van der Waals surface area (Å²) >= 11 is 0. The number of carbonyl (C=O) groups excluding carboxylic acids is 1. The maximum atomic E-state index is 12.8. The fourth-order valence-electron chi connectivity index (χ4n) is 4.52. The Labute approximate surface area is 176 Å². The number of piperidine rings is 1. The third-order valence-corrected chi connectivity index (χ3v) is 6.09. The van der Waals surface area contributed by atoms with Gasteiger partial charge < -0.3 is 15.5 Å². The van der Waals surface area contributed by atoms with Crippen LogP contribution in [0.2, 0.25) is 0 Å². The van der Waals surface area contributed by atoms with E-state index in [1.54, 1.807) is 0 Å². The molecular formula is C24H38N4O. The van der Waals surface area contributed by atoms with Crippen molar-refractivity contribution in [2.75, 3.05) is 32.7 Å². The number of amides is 1. The summed E-state index contributed by atoms with van der Waals surface area (Å²) in [6.45, 7) is 11.6. The molecule has 2 fully saturated rings. The third kappa shape index (κ3) is 6.66. The van der Waals surface area contributed by atoms with E-state index >= 15 is 0 Å². The van der Waals surface area contributed by atoms with Gasteiger partial charge in [0.05, 0.1) is 6.04 Å². The van der Waals surface area contributed by atoms with E-state index in [1.807, 2.05) is 19.9 Å². The minimum Gasteiger partial charge on any atom is -0.353 e. The normalized spacial score (nSPS) is 24.6. The maximum Gasteiger partial charge on any atom is 0.237 e. The van der Waals surface area contributed by atoms with Crippen LogP contribution in [0.1, 0.15) is 45.6 Å². The number of hydrogen-bond acceptors (Lipinski definition) is 4. The molecule has 0 saturated carbocycles. The fourth-order valence-corrected chi connectivity index (χ4v) is 4.52. The summed E-state index contributed by atoms with van der Waals surface area (Å²) in [5.41, 5.74) is 1.20. The molecule has 2 aliphatic heterocycles. The van der Waals surface area contributed by atoms with E-state index in [1.165, 1.54) is 31.5 Å². The third-order valence-electron chi connectivity index (χ3n) is 6.09.